The fourth-order valence-corrected chi connectivity index (χ4v) is 2.91. The molecule has 1 unspecified atom stereocenters. The van der Waals surface area contributed by atoms with E-state index in [2.05, 4.69) is 30.4 Å². The van der Waals surface area contributed by atoms with Crippen molar-refractivity contribution < 1.29 is 14.2 Å². The molecule has 0 saturated heterocycles. The number of hydrogen-bond donors (Lipinski definition) is 1. The third-order valence-electron chi connectivity index (χ3n) is 4.19. The normalized spacial score (nSPS) is 17.1. The van der Waals surface area contributed by atoms with Crippen LogP contribution in [0.4, 0.5) is 0 Å². The van der Waals surface area contributed by atoms with Crippen LogP contribution in [0.15, 0.2) is 36.4 Å². The van der Waals surface area contributed by atoms with Gasteiger partial charge in [0.1, 0.15) is 11.9 Å². The second kappa shape index (κ2) is 6.92. The maximum atomic E-state index is 6.23. The summed E-state index contributed by atoms with van der Waals surface area (Å²) in [6.45, 7) is 3.77. The van der Waals surface area contributed by atoms with Crippen molar-refractivity contribution in [3.05, 3.63) is 53.1 Å². The van der Waals surface area contributed by atoms with Gasteiger partial charge in [0.05, 0.1) is 14.2 Å². The largest absolute Gasteiger partial charge is 0.493 e. The molecule has 4 nitrogen and oxygen atoms in total. The van der Waals surface area contributed by atoms with Crippen LogP contribution in [0, 0.1) is 6.92 Å². The lowest BCUT2D eigenvalue weighted by molar-refractivity contribution is 0.204. The van der Waals surface area contributed by atoms with Gasteiger partial charge in [0, 0.05) is 12.1 Å². The van der Waals surface area contributed by atoms with Crippen molar-refractivity contribution in [1.82, 2.24) is 5.32 Å². The molecule has 1 aliphatic heterocycles. The van der Waals surface area contributed by atoms with Gasteiger partial charge in [-0.2, -0.15) is 0 Å². The minimum Gasteiger partial charge on any atom is -0.493 e. The minimum absolute atomic E-state index is 0.0463. The molecule has 1 atom stereocenters. The Bertz CT molecular complexity index is 667. The summed E-state index contributed by atoms with van der Waals surface area (Å²) in [5.74, 6) is 2.39. The lowest BCUT2D eigenvalue weighted by Crippen LogP contribution is -2.23. The Morgan fingerprint density at radius 3 is 2.39 bits per heavy atom. The molecular weight excluding hydrogens is 290 g/mol. The van der Waals surface area contributed by atoms with E-state index in [0.717, 1.165) is 42.3 Å². The highest BCUT2D eigenvalue weighted by atomic mass is 16.5. The minimum atomic E-state index is -0.0463. The summed E-state index contributed by atoms with van der Waals surface area (Å²) in [7, 11) is 3.33. The van der Waals surface area contributed by atoms with Gasteiger partial charge in [-0.15, -0.1) is 0 Å². The van der Waals surface area contributed by atoms with Crippen LogP contribution in [-0.2, 0) is 6.42 Å². The highest BCUT2D eigenvalue weighted by Gasteiger charge is 2.23. The maximum Gasteiger partial charge on any atom is 0.161 e. The molecular formula is C19H23NO3. The summed E-state index contributed by atoms with van der Waals surface area (Å²) in [4.78, 5) is 0. The van der Waals surface area contributed by atoms with Crippen molar-refractivity contribution in [2.45, 2.75) is 19.4 Å². The Morgan fingerprint density at radius 2 is 1.70 bits per heavy atom. The first kappa shape index (κ1) is 15.7. The van der Waals surface area contributed by atoms with Gasteiger partial charge in [0.15, 0.2) is 11.5 Å². The summed E-state index contributed by atoms with van der Waals surface area (Å²) in [5.41, 5.74) is 3.63. The Balaban J connectivity index is 1.94. The van der Waals surface area contributed by atoms with E-state index in [-0.39, 0.29) is 6.10 Å². The molecule has 4 heteroatoms. The number of methoxy groups -OCH3 is 2. The van der Waals surface area contributed by atoms with Crippen molar-refractivity contribution in [3.8, 4) is 17.2 Å². The zero-order chi connectivity index (χ0) is 16.2. The highest BCUT2D eigenvalue weighted by Crippen LogP contribution is 2.35. The van der Waals surface area contributed by atoms with Gasteiger partial charge in [-0.1, -0.05) is 17.7 Å². The Kier molecular flexibility index (Phi) is 4.72. The fourth-order valence-electron chi connectivity index (χ4n) is 2.91. The van der Waals surface area contributed by atoms with E-state index in [1.165, 1.54) is 11.1 Å². The second-order valence-electron chi connectivity index (χ2n) is 5.78. The van der Waals surface area contributed by atoms with Crippen molar-refractivity contribution >= 4 is 0 Å². The smallest absolute Gasteiger partial charge is 0.161 e. The maximum absolute atomic E-state index is 6.23. The second-order valence-corrected chi connectivity index (χ2v) is 5.78. The molecule has 0 saturated carbocycles. The van der Waals surface area contributed by atoms with Crippen molar-refractivity contribution in [1.29, 1.82) is 0 Å². The van der Waals surface area contributed by atoms with Gasteiger partial charge in [0.25, 0.3) is 0 Å². The Hall–Kier alpha value is -2.20. The zero-order valence-corrected chi connectivity index (χ0v) is 13.9. The van der Waals surface area contributed by atoms with Crippen LogP contribution >= 0.6 is 0 Å². The van der Waals surface area contributed by atoms with E-state index < -0.39 is 0 Å². The molecule has 0 radical (unpaired) electrons. The van der Waals surface area contributed by atoms with Gasteiger partial charge in [-0.05, 0) is 49.7 Å². The Morgan fingerprint density at radius 1 is 1.00 bits per heavy atom. The third-order valence-corrected chi connectivity index (χ3v) is 4.19. The monoisotopic (exact) mass is 313 g/mol. The summed E-state index contributed by atoms with van der Waals surface area (Å²) in [6.07, 6.45) is 0.902. The Labute approximate surface area is 137 Å². The molecule has 23 heavy (non-hydrogen) atoms. The van der Waals surface area contributed by atoms with Gasteiger partial charge >= 0.3 is 0 Å². The van der Waals surface area contributed by atoms with Crippen LogP contribution in [0.3, 0.4) is 0 Å². The number of nitrogens with one attached hydrogen (secondary N) is 1. The molecule has 2 aromatic rings. The molecule has 0 aliphatic carbocycles. The predicted molar refractivity (Wildman–Crippen MR) is 90.7 cm³/mol. The first-order chi connectivity index (χ1) is 11.2. The van der Waals surface area contributed by atoms with E-state index in [9.17, 15) is 0 Å². The predicted octanol–water partition coefficient (Wildman–Crippen LogP) is 3.28. The fraction of sp³-hybridized carbons (Fsp3) is 0.368. The van der Waals surface area contributed by atoms with E-state index in [1.54, 1.807) is 14.2 Å². The molecule has 1 aliphatic rings. The van der Waals surface area contributed by atoms with Crippen LogP contribution in [0.25, 0.3) is 0 Å². The molecule has 0 amide bonds. The van der Waals surface area contributed by atoms with E-state index >= 15 is 0 Å². The van der Waals surface area contributed by atoms with Crippen LogP contribution in [-0.4, -0.2) is 27.3 Å². The average Bonchev–Trinajstić information content (AvgIpc) is 2.77. The van der Waals surface area contributed by atoms with E-state index in [1.807, 2.05) is 18.2 Å². The van der Waals surface area contributed by atoms with Crippen LogP contribution < -0.4 is 19.5 Å². The lowest BCUT2D eigenvalue weighted by atomic mass is 10.00. The first-order valence-corrected chi connectivity index (χ1v) is 7.90. The van der Waals surface area contributed by atoms with Crippen molar-refractivity contribution in [2.24, 2.45) is 0 Å². The molecule has 0 bridgehead atoms. The molecule has 1 N–H and O–H groups in total. The molecule has 122 valence electrons. The molecule has 0 spiro atoms. The standard InChI is InChI=1S/C19H23NO3/c1-13-4-6-15(7-5-13)23-19-12-20-9-8-14-10-17(21-2)18(22-3)11-16(14)19/h4-7,10-11,19-20H,8-9,12H2,1-3H3. The number of fused-ring (bicyclic) bond motifs is 1. The number of benzene rings is 2. The summed E-state index contributed by atoms with van der Waals surface area (Å²) in [6, 6.07) is 12.3. The van der Waals surface area contributed by atoms with Crippen LogP contribution in [0.1, 0.15) is 22.8 Å². The summed E-state index contributed by atoms with van der Waals surface area (Å²) >= 11 is 0. The van der Waals surface area contributed by atoms with Crippen LogP contribution in [0.5, 0.6) is 17.2 Å². The summed E-state index contributed by atoms with van der Waals surface area (Å²) in [5, 5.41) is 3.44. The quantitative estimate of drug-likeness (QED) is 0.940. The van der Waals surface area contributed by atoms with Crippen LogP contribution in [0.2, 0.25) is 0 Å². The molecule has 3 rings (SSSR count). The zero-order valence-electron chi connectivity index (χ0n) is 13.9. The summed E-state index contributed by atoms with van der Waals surface area (Å²) < 4.78 is 17.1. The van der Waals surface area contributed by atoms with Gasteiger partial charge in [-0.3, -0.25) is 0 Å². The third kappa shape index (κ3) is 3.42. The van der Waals surface area contributed by atoms with Crippen molar-refractivity contribution in [3.63, 3.8) is 0 Å². The molecule has 0 fully saturated rings. The van der Waals surface area contributed by atoms with Gasteiger partial charge in [0.2, 0.25) is 0 Å². The van der Waals surface area contributed by atoms with Gasteiger partial charge < -0.3 is 19.5 Å². The van der Waals surface area contributed by atoms with E-state index in [0.29, 0.717) is 0 Å². The first-order valence-electron chi connectivity index (χ1n) is 7.90. The molecule has 0 aromatic heterocycles. The average molecular weight is 313 g/mol. The van der Waals surface area contributed by atoms with Gasteiger partial charge in [-0.25, -0.2) is 0 Å². The van der Waals surface area contributed by atoms with E-state index in [4.69, 9.17) is 14.2 Å². The number of aryl methyl sites for hydroxylation is 1. The topological polar surface area (TPSA) is 39.7 Å². The highest BCUT2D eigenvalue weighted by molar-refractivity contribution is 5.49. The number of rotatable bonds is 4. The number of ether oxygens (including phenoxy) is 3. The molecule has 2 aromatic carbocycles. The van der Waals surface area contributed by atoms with Crippen molar-refractivity contribution in [2.75, 3.05) is 27.3 Å². The lowest BCUT2D eigenvalue weighted by Gasteiger charge is -2.21. The SMILES string of the molecule is COc1cc2c(cc1OC)C(Oc1ccc(C)cc1)CNCC2. The molecule has 1 heterocycles. The number of hydrogen-bond acceptors (Lipinski definition) is 4.